The van der Waals surface area contributed by atoms with Crippen LogP contribution in [0.5, 0.6) is 0 Å². The van der Waals surface area contributed by atoms with Gasteiger partial charge in [-0.05, 0) is 24.3 Å². The van der Waals surface area contributed by atoms with Crippen LogP contribution in [-0.2, 0) is 0 Å². The summed E-state index contributed by atoms with van der Waals surface area (Å²) >= 11 is 0. The van der Waals surface area contributed by atoms with Gasteiger partial charge >= 0.3 is 0 Å². The van der Waals surface area contributed by atoms with Gasteiger partial charge in [-0.1, -0.05) is 53.4 Å². The predicted molar refractivity (Wildman–Crippen MR) is 63.4 cm³/mol. The van der Waals surface area contributed by atoms with E-state index in [1.807, 2.05) is 0 Å². The Hall–Kier alpha value is -0.0400. The van der Waals surface area contributed by atoms with E-state index in [0.717, 1.165) is 17.8 Å². The Labute approximate surface area is 89.7 Å². The monoisotopic (exact) mass is 197 g/mol. The molecule has 0 heterocycles. The molecule has 0 saturated heterocycles. The Morgan fingerprint density at radius 2 is 1.64 bits per heavy atom. The molecular weight excluding hydrogens is 170 g/mol. The van der Waals surface area contributed by atoms with E-state index >= 15 is 0 Å². The lowest BCUT2D eigenvalue weighted by Gasteiger charge is -2.26. The van der Waals surface area contributed by atoms with Gasteiger partial charge in [-0.25, -0.2) is 0 Å². The maximum Gasteiger partial charge on any atom is 0.00104 e. The number of nitrogens with one attached hydrogen (secondary N) is 1. The number of rotatable bonds is 5. The number of hydrogen-bond donors (Lipinski definition) is 1. The number of hydrogen-bond acceptors (Lipinski definition) is 1. The van der Waals surface area contributed by atoms with Crippen LogP contribution in [0.2, 0.25) is 0 Å². The van der Waals surface area contributed by atoms with Crippen molar-refractivity contribution in [3.63, 3.8) is 0 Å². The zero-order chi connectivity index (χ0) is 10.6. The SMILES string of the molecule is CC(C)NCC(C)C(C)C1CCCC1. The van der Waals surface area contributed by atoms with Crippen molar-refractivity contribution in [2.75, 3.05) is 6.54 Å². The molecule has 0 aromatic rings. The van der Waals surface area contributed by atoms with Gasteiger partial charge in [0.15, 0.2) is 0 Å². The zero-order valence-electron chi connectivity index (χ0n) is 10.3. The molecule has 1 N–H and O–H groups in total. The molecule has 0 radical (unpaired) electrons. The van der Waals surface area contributed by atoms with E-state index in [0.29, 0.717) is 6.04 Å². The molecule has 1 saturated carbocycles. The van der Waals surface area contributed by atoms with Gasteiger partial charge in [0.2, 0.25) is 0 Å². The summed E-state index contributed by atoms with van der Waals surface area (Å²) in [4.78, 5) is 0. The fourth-order valence-corrected chi connectivity index (χ4v) is 2.56. The third-order valence-electron chi connectivity index (χ3n) is 3.89. The predicted octanol–water partition coefficient (Wildman–Crippen LogP) is 3.45. The highest BCUT2D eigenvalue weighted by atomic mass is 14.9. The molecule has 0 aromatic carbocycles. The second-order valence-corrected chi connectivity index (χ2v) is 5.44. The van der Waals surface area contributed by atoms with Crippen LogP contribution in [0.25, 0.3) is 0 Å². The smallest absolute Gasteiger partial charge is 0.00104 e. The van der Waals surface area contributed by atoms with Crippen molar-refractivity contribution < 1.29 is 0 Å². The maximum absolute atomic E-state index is 3.55. The third kappa shape index (κ3) is 3.61. The first-order chi connectivity index (χ1) is 6.61. The van der Waals surface area contributed by atoms with Crippen LogP contribution >= 0.6 is 0 Å². The van der Waals surface area contributed by atoms with Gasteiger partial charge in [0.05, 0.1) is 0 Å². The molecule has 1 rings (SSSR count). The van der Waals surface area contributed by atoms with Gasteiger partial charge in [-0.3, -0.25) is 0 Å². The van der Waals surface area contributed by atoms with Crippen LogP contribution < -0.4 is 5.32 Å². The standard InChI is InChI=1S/C13H27N/c1-10(2)14-9-11(3)12(4)13-7-5-6-8-13/h10-14H,5-9H2,1-4H3. The van der Waals surface area contributed by atoms with Gasteiger partial charge in [-0.15, -0.1) is 0 Å². The molecule has 1 heteroatoms. The quantitative estimate of drug-likeness (QED) is 0.712. The molecule has 1 aliphatic carbocycles. The summed E-state index contributed by atoms with van der Waals surface area (Å²) in [6, 6.07) is 0.633. The van der Waals surface area contributed by atoms with Crippen molar-refractivity contribution in [1.29, 1.82) is 0 Å². The Balaban J connectivity index is 2.24. The maximum atomic E-state index is 3.55. The molecule has 1 nitrogen and oxygen atoms in total. The van der Waals surface area contributed by atoms with Crippen LogP contribution in [0.3, 0.4) is 0 Å². The van der Waals surface area contributed by atoms with Crippen molar-refractivity contribution in [2.45, 2.75) is 59.4 Å². The van der Waals surface area contributed by atoms with Crippen molar-refractivity contribution in [1.82, 2.24) is 5.32 Å². The first-order valence-electron chi connectivity index (χ1n) is 6.34. The van der Waals surface area contributed by atoms with Gasteiger partial charge < -0.3 is 5.32 Å². The Morgan fingerprint density at radius 3 is 2.14 bits per heavy atom. The fraction of sp³-hybridized carbons (Fsp3) is 1.00. The average molecular weight is 197 g/mol. The minimum atomic E-state index is 0.633. The fourth-order valence-electron chi connectivity index (χ4n) is 2.56. The van der Waals surface area contributed by atoms with Gasteiger partial charge in [0.1, 0.15) is 0 Å². The minimum Gasteiger partial charge on any atom is -0.314 e. The minimum absolute atomic E-state index is 0.633. The van der Waals surface area contributed by atoms with E-state index in [1.54, 1.807) is 0 Å². The Bertz CT molecular complexity index is 147. The highest BCUT2D eigenvalue weighted by Crippen LogP contribution is 2.34. The summed E-state index contributed by atoms with van der Waals surface area (Å²) in [5, 5.41) is 3.55. The molecule has 2 atom stereocenters. The molecule has 0 bridgehead atoms. The second kappa shape index (κ2) is 5.75. The zero-order valence-corrected chi connectivity index (χ0v) is 10.3. The van der Waals surface area contributed by atoms with E-state index in [1.165, 1.54) is 32.2 Å². The largest absolute Gasteiger partial charge is 0.314 e. The normalized spacial score (nSPS) is 22.9. The average Bonchev–Trinajstić information content (AvgIpc) is 2.65. The lowest BCUT2D eigenvalue weighted by molar-refractivity contribution is 0.255. The van der Waals surface area contributed by atoms with Crippen LogP contribution in [0.4, 0.5) is 0 Å². The summed E-state index contributed by atoms with van der Waals surface area (Å²) in [5.74, 6) is 2.75. The van der Waals surface area contributed by atoms with E-state index in [-0.39, 0.29) is 0 Å². The summed E-state index contributed by atoms with van der Waals surface area (Å²) < 4.78 is 0. The lowest BCUT2D eigenvalue weighted by atomic mass is 9.83. The van der Waals surface area contributed by atoms with Crippen molar-refractivity contribution in [3.05, 3.63) is 0 Å². The first kappa shape index (κ1) is 12.0. The van der Waals surface area contributed by atoms with Crippen molar-refractivity contribution >= 4 is 0 Å². The van der Waals surface area contributed by atoms with Crippen LogP contribution in [-0.4, -0.2) is 12.6 Å². The molecule has 84 valence electrons. The molecule has 0 aliphatic heterocycles. The summed E-state index contributed by atoms with van der Waals surface area (Å²) in [5.41, 5.74) is 0. The Kier molecular flexibility index (Phi) is 4.94. The molecule has 14 heavy (non-hydrogen) atoms. The van der Waals surface area contributed by atoms with E-state index in [2.05, 4.69) is 33.0 Å². The Morgan fingerprint density at radius 1 is 1.07 bits per heavy atom. The highest BCUT2D eigenvalue weighted by molar-refractivity contribution is 4.77. The molecule has 2 unspecified atom stereocenters. The highest BCUT2D eigenvalue weighted by Gasteiger charge is 2.25. The summed E-state index contributed by atoms with van der Waals surface area (Å²) in [6.45, 7) is 10.5. The molecule has 1 fully saturated rings. The molecule has 0 spiro atoms. The third-order valence-corrected chi connectivity index (χ3v) is 3.89. The van der Waals surface area contributed by atoms with Gasteiger partial charge in [0, 0.05) is 6.04 Å². The van der Waals surface area contributed by atoms with Crippen LogP contribution in [0.15, 0.2) is 0 Å². The first-order valence-corrected chi connectivity index (χ1v) is 6.34. The van der Waals surface area contributed by atoms with E-state index < -0.39 is 0 Å². The second-order valence-electron chi connectivity index (χ2n) is 5.44. The summed E-state index contributed by atoms with van der Waals surface area (Å²) in [6.07, 6.45) is 5.90. The van der Waals surface area contributed by atoms with E-state index in [9.17, 15) is 0 Å². The van der Waals surface area contributed by atoms with Gasteiger partial charge in [-0.2, -0.15) is 0 Å². The van der Waals surface area contributed by atoms with Crippen LogP contribution in [0.1, 0.15) is 53.4 Å². The molecule has 0 aromatic heterocycles. The van der Waals surface area contributed by atoms with Crippen molar-refractivity contribution in [2.24, 2.45) is 17.8 Å². The topological polar surface area (TPSA) is 12.0 Å². The van der Waals surface area contributed by atoms with Gasteiger partial charge in [0.25, 0.3) is 0 Å². The van der Waals surface area contributed by atoms with Crippen LogP contribution in [0, 0.1) is 17.8 Å². The molecule has 0 amide bonds. The van der Waals surface area contributed by atoms with Crippen molar-refractivity contribution in [3.8, 4) is 0 Å². The molecule has 1 aliphatic rings. The summed E-state index contributed by atoms with van der Waals surface area (Å²) in [7, 11) is 0. The molecular formula is C13H27N. The van der Waals surface area contributed by atoms with E-state index in [4.69, 9.17) is 0 Å². The lowest BCUT2D eigenvalue weighted by Crippen LogP contribution is -2.32.